The van der Waals surface area contributed by atoms with E-state index in [-0.39, 0.29) is 6.08 Å². The van der Waals surface area contributed by atoms with Gasteiger partial charge in [0.2, 0.25) is 5.76 Å². The maximum absolute atomic E-state index is 12.1. The van der Waals surface area contributed by atoms with Crippen LogP contribution in [-0.2, 0) is 14.3 Å². The molecule has 2 rings (SSSR count). The molecule has 4 nitrogen and oxygen atoms in total. The monoisotopic (exact) mass is 280 g/mol. The van der Waals surface area contributed by atoms with Gasteiger partial charge >= 0.3 is 6.18 Å². The number of carbonyl (C=O) groups is 1. The Kier molecular flexibility index (Phi) is 3.87. The first kappa shape index (κ1) is 14.3. The third-order valence-corrected chi connectivity index (χ3v) is 3.53. The summed E-state index contributed by atoms with van der Waals surface area (Å²) in [7, 11) is 0. The lowest BCUT2D eigenvalue weighted by atomic mass is 9.82. The Hall–Kier alpha value is -1.08. The van der Waals surface area contributed by atoms with Gasteiger partial charge < -0.3 is 14.6 Å². The quantitative estimate of drug-likeness (QED) is 0.623. The van der Waals surface area contributed by atoms with Gasteiger partial charge in [-0.15, -0.1) is 0 Å². The summed E-state index contributed by atoms with van der Waals surface area (Å²) in [6.45, 7) is 1.01. The van der Waals surface area contributed by atoms with Crippen molar-refractivity contribution in [2.75, 3.05) is 13.2 Å². The Morgan fingerprint density at radius 2 is 1.74 bits per heavy atom. The highest BCUT2D eigenvalue weighted by Crippen LogP contribution is 2.39. The normalized spacial score (nSPS) is 24.9. The van der Waals surface area contributed by atoms with Gasteiger partial charge in [0.1, 0.15) is 0 Å². The zero-order chi connectivity index (χ0) is 14.1. The summed E-state index contributed by atoms with van der Waals surface area (Å²) in [6.07, 6.45) is -2.81. The molecule has 0 atom stereocenters. The third kappa shape index (κ3) is 3.27. The van der Waals surface area contributed by atoms with Gasteiger partial charge in [-0.25, -0.2) is 0 Å². The van der Waals surface area contributed by atoms with Crippen LogP contribution in [0.25, 0.3) is 0 Å². The summed E-state index contributed by atoms with van der Waals surface area (Å²) >= 11 is 0. The molecule has 0 aromatic carbocycles. The van der Waals surface area contributed by atoms with Crippen molar-refractivity contribution in [1.29, 1.82) is 0 Å². The van der Waals surface area contributed by atoms with Gasteiger partial charge in [0.15, 0.2) is 11.6 Å². The topological polar surface area (TPSA) is 55.8 Å². The largest absolute Gasteiger partial charge is 0.504 e. The molecule has 1 heterocycles. The van der Waals surface area contributed by atoms with Gasteiger partial charge in [-0.05, 0) is 12.8 Å². The van der Waals surface area contributed by atoms with Crippen molar-refractivity contribution in [2.24, 2.45) is 5.92 Å². The number of carbonyl (C=O) groups excluding carboxylic acids is 1. The molecular weight excluding hydrogens is 265 g/mol. The number of aliphatic hydroxyl groups is 1. The molecule has 1 spiro atoms. The minimum atomic E-state index is -4.87. The molecule has 1 aliphatic heterocycles. The zero-order valence-corrected chi connectivity index (χ0v) is 10.2. The first-order valence-electron chi connectivity index (χ1n) is 6.12. The second-order valence-corrected chi connectivity index (χ2v) is 4.81. The fourth-order valence-electron chi connectivity index (χ4n) is 2.46. The smallest absolute Gasteiger partial charge is 0.448 e. The second kappa shape index (κ2) is 5.13. The molecule has 1 aliphatic carbocycles. The molecule has 0 bridgehead atoms. The highest BCUT2D eigenvalue weighted by molar-refractivity contribution is 5.92. The van der Waals surface area contributed by atoms with Crippen molar-refractivity contribution in [3.63, 3.8) is 0 Å². The first-order chi connectivity index (χ1) is 8.82. The van der Waals surface area contributed by atoms with E-state index in [1.165, 1.54) is 0 Å². The maximum atomic E-state index is 12.1. The third-order valence-electron chi connectivity index (χ3n) is 3.53. The van der Waals surface area contributed by atoms with Crippen LogP contribution in [0.1, 0.15) is 25.7 Å². The zero-order valence-electron chi connectivity index (χ0n) is 10.2. The predicted octanol–water partition coefficient (Wildman–Crippen LogP) is 2.49. The second-order valence-electron chi connectivity index (χ2n) is 4.81. The molecule has 19 heavy (non-hydrogen) atoms. The fraction of sp³-hybridized carbons (Fsp3) is 0.750. The van der Waals surface area contributed by atoms with Crippen LogP contribution in [0.3, 0.4) is 0 Å². The summed E-state index contributed by atoms with van der Waals surface area (Å²) in [4.78, 5) is 11.6. The van der Waals surface area contributed by atoms with E-state index < -0.39 is 29.4 Å². The van der Waals surface area contributed by atoms with Crippen LogP contribution < -0.4 is 0 Å². The summed E-state index contributed by atoms with van der Waals surface area (Å²) in [6, 6.07) is 0. The molecular formula is C12H15F3O4. The van der Waals surface area contributed by atoms with Crippen molar-refractivity contribution in [3.05, 3.63) is 11.8 Å². The molecule has 1 saturated heterocycles. The van der Waals surface area contributed by atoms with Gasteiger partial charge in [-0.1, -0.05) is 0 Å². The van der Waals surface area contributed by atoms with Crippen LogP contribution in [0.4, 0.5) is 13.2 Å². The molecule has 1 N–H and O–H groups in total. The van der Waals surface area contributed by atoms with E-state index in [4.69, 9.17) is 14.6 Å². The minimum Gasteiger partial charge on any atom is -0.504 e. The number of ketones is 1. The number of rotatable bonds is 2. The van der Waals surface area contributed by atoms with Crippen molar-refractivity contribution in [3.8, 4) is 0 Å². The Labute approximate surface area is 108 Å². The highest BCUT2D eigenvalue weighted by Gasteiger charge is 2.42. The number of hydrogen-bond acceptors (Lipinski definition) is 4. The summed E-state index contributed by atoms with van der Waals surface area (Å²) < 4.78 is 47.3. The minimum absolute atomic E-state index is 0.277. The number of alkyl halides is 3. The maximum Gasteiger partial charge on any atom is 0.448 e. The lowest BCUT2D eigenvalue weighted by Crippen LogP contribution is -2.36. The number of ether oxygens (including phenoxy) is 2. The van der Waals surface area contributed by atoms with Gasteiger partial charge in [0.25, 0.3) is 0 Å². The summed E-state index contributed by atoms with van der Waals surface area (Å²) in [5.41, 5.74) is 0. The summed E-state index contributed by atoms with van der Waals surface area (Å²) in [5, 5.41) is 8.76. The van der Waals surface area contributed by atoms with E-state index in [0.717, 1.165) is 0 Å². The fourth-order valence-corrected chi connectivity index (χ4v) is 2.46. The number of hydrogen-bond donors (Lipinski definition) is 1. The average Bonchev–Trinajstić information content (AvgIpc) is 2.77. The molecule has 2 aliphatic rings. The van der Waals surface area contributed by atoms with Gasteiger partial charge in [-0.3, -0.25) is 4.79 Å². The van der Waals surface area contributed by atoms with Crippen molar-refractivity contribution in [1.82, 2.24) is 0 Å². The van der Waals surface area contributed by atoms with Crippen LogP contribution in [-0.4, -0.2) is 36.1 Å². The molecule has 0 aromatic rings. The lowest BCUT2D eigenvalue weighted by molar-refractivity contribution is -0.182. The Balaban J connectivity index is 1.92. The van der Waals surface area contributed by atoms with Crippen LogP contribution in [0.2, 0.25) is 0 Å². The Morgan fingerprint density at radius 1 is 1.21 bits per heavy atom. The van der Waals surface area contributed by atoms with Gasteiger partial charge in [0.05, 0.1) is 13.2 Å². The number of aliphatic hydroxyl groups excluding tert-OH is 1. The van der Waals surface area contributed by atoms with E-state index in [1.807, 2.05) is 0 Å². The number of halogens is 3. The molecule has 108 valence electrons. The summed E-state index contributed by atoms with van der Waals surface area (Å²) in [5.74, 6) is -3.69. The molecule has 0 amide bonds. The van der Waals surface area contributed by atoms with E-state index in [9.17, 15) is 18.0 Å². The molecule has 7 heteroatoms. The van der Waals surface area contributed by atoms with Gasteiger partial charge in [0, 0.05) is 24.8 Å². The molecule has 2 fully saturated rings. The molecule has 0 aromatic heterocycles. The molecule has 0 unspecified atom stereocenters. The Morgan fingerprint density at radius 3 is 2.21 bits per heavy atom. The van der Waals surface area contributed by atoms with Crippen molar-refractivity contribution in [2.45, 2.75) is 37.6 Å². The Bertz CT molecular complexity index is 373. The van der Waals surface area contributed by atoms with Crippen molar-refractivity contribution < 1.29 is 32.5 Å². The van der Waals surface area contributed by atoms with E-state index in [2.05, 4.69) is 0 Å². The van der Waals surface area contributed by atoms with Crippen LogP contribution >= 0.6 is 0 Å². The molecule has 0 radical (unpaired) electrons. The van der Waals surface area contributed by atoms with Crippen LogP contribution in [0.15, 0.2) is 11.8 Å². The first-order valence-corrected chi connectivity index (χ1v) is 6.12. The number of allylic oxidation sites excluding steroid dienone is 2. The van der Waals surface area contributed by atoms with Crippen LogP contribution in [0.5, 0.6) is 0 Å². The molecule has 1 saturated carbocycles. The van der Waals surface area contributed by atoms with E-state index in [0.29, 0.717) is 38.9 Å². The predicted molar refractivity (Wildman–Crippen MR) is 58.4 cm³/mol. The average molecular weight is 280 g/mol. The van der Waals surface area contributed by atoms with Crippen LogP contribution in [0, 0.1) is 5.92 Å². The van der Waals surface area contributed by atoms with Crippen molar-refractivity contribution >= 4 is 5.78 Å². The van der Waals surface area contributed by atoms with E-state index in [1.54, 1.807) is 0 Å². The lowest BCUT2D eigenvalue weighted by Gasteiger charge is -2.34. The highest BCUT2D eigenvalue weighted by atomic mass is 19.4. The SMILES string of the molecule is O=C(/C=C(\O)C(F)(F)F)C1CCC2(CC1)OCCO2. The standard InChI is InChI=1S/C12H15F3O4/c13-12(14,15)10(17)7-9(16)8-1-3-11(4-2-8)18-5-6-19-11/h7-8,17H,1-6H2/b10-7-. The van der Waals surface area contributed by atoms with E-state index >= 15 is 0 Å². The van der Waals surface area contributed by atoms with Gasteiger partial charge in [-0.2, -0.15) is 13.2 Å².